The van der Waals surface area contributed by atoms with Crippen LogP contribution >= 0.6 is 0 Å². The van der Waals surface area contributed by atoms with Gasteiger partial charge >= 0.3 is 0 Å². The Morgan fingerprint density at radius 3 is 2.84 bits per heavy atom. The van der Waals surface area contributed by atoms with Gasteiger partial charge in [-0.25, -0.2) is 0 Å². The fraction of sp³-hybridized carbons (Fsp3) is 0.400. The van der Waals surface area contributed by atoms with E-state index in [-0.39, 0.29) is 30.3 Å². The molecule has 2 N–H and O–H groups in total. The van der Waals surface area contributed by atoms with Crippen LogP contribution in [0.15, 0.2) is 42.5 Å². The number of anilines is 1. The molecule has 5 rings (SSSR count). The first kappa shape index (κ1) is 20.7. The molecule has 32 heavy (non-hydrogen) atoms. The minimum Gasteiger partial charge on any atom is -0.381 e. The molecule has 2 aromatic carbocycles. The number of methoxy groups -OCH3 is 1. The minimum absolute atomic E-state index is 0.0107. The number of hydrogen-bond acceptors (Lipinski definition) is 4. The lowest BCUT2D eigenvalue weighted by molar-refractivity contribution is -0.138. The van der Waals surface area contributed by atoms with Gasteiger partial charge in [-0.05, 0) is 35.6 Å². The number of aromatic amines is 1. The first-order valence-electron chi connectivity index (χ1n) is 11.3. The molecule has 0 spiro atoms. The molecule has 2 amide bonds. The summed E-state index contributed by atoms with van der Waals surface area (Å²) in [6.07, 6.45) is 4.19. The van der Waals surface area contributed by atoms with E-state index in [4.69, 9.17) is 4.74 Å². The Morgan fingerprint density at radius 1 is 1.16 bits per heavy atom. The zero-order valence-corrected chi connectivity index (χ0v) is 18.3. The van der Waals surface area contributed by atoms with Gasteiger partial charge in [0.1, 0.15) is 0 Å². The van der Waals surface area contributed by atoms with Crippen molar-refractivity contribution >= 4 is 28.4 Å². The molecule has 0 bridgehead atoms. The van der Waals surface area contributed by atoms with E-state index in [1.165, 1.54) is 0 Å². The number of ether oxygens (including phenoxy) is 1. The van der Waals surface area contributed by atoms with Crippen molar-refractivity contribution in [1.82, 2.24) is 15.1 Å². The Kier molecular flexibility index (Phi) is 5.66. The molecule has 1 fully saturated rings. The van der Waals surface area contributed by atoms with E-state index in [9.17, 15) is 9.59 Å². The number of aromatic nitrogens is 2. The highest BCUT2D eigenvalue weighted by Gasteiger charge is 2.35. The molecule has 1 aliphatic carbocycles. The van der Waals surface area contributed by atoms with Crippen molar-refractivity contribution in [1.29, 1.82) is 0 Å². The van der Waals surface area contributed by atoms with Crippen LogP contribution in [-0.2, 0) is 33.8 Å². The van der Waals surface area contributed by atoms with Gasteiger partial charge in [-0.3, -0.25) is 14.7 Å². The third-order valence-corrected chi connectivity index (χ3v) is 6.71. The van der Waals surface area contributed by atoms with E-state index < -0.39 is 0 Å². The summed E-state index contributed by atoms with van der Waals surface area (Å²) in [6, 6.07) is 14.2. The monoisotopic (exact) mass is 432 g/mol. The molecule has 0 saturated heterocycles. The predicted octanol–water partition coefficient (Wildman–Crippen LogP) is 3.79. The quantitative estimate of drug-likeness (QED) is 0.642. The normalized spacial score (nSPS) is 20.3. The number of benzene rings is 2. The van der Waals surface area contributed by atoms with Crippen molar-refractivity contribution < 1.29 is 14.3 Å². The highest BCUT2D eigenvalue weighted by atomic mass is 16.5. The number of hydrogen-bond donors (Lipinski definition) is 2. The zero-order valence-electron chi connectivity index (χ0n) is 18.3. The fourth-order valence-electron chi connectivity index (χ4n) is 4.95. The lowest BCUT2D eigenvalue weighted by Gasteiger charge is -2.30. The van der Waals surface area contributed by atoms with Crippen molar-refractivity contribution in [2.45, 2.75) is 51.3 Å². The van der Waals surface area contributed by atoms with Crippen molar-refractivity contribution in [2.24, 2.45) is 5.92 Å². The van der Waals surface area contributed by atoms with Gasteiger partial charge in [0, 0.05) is 18.6 Å². The molecule has 1 aromatic heterocycles. The van der Waals surface area contributed by atoms with Crippen LogP contribution in [0.25, 0.3) is 10.8 Å². The van der Waals surface area contributed by atoms with Crippen LogP contribution in [0.3, 0.4) is 0 Å². The van der Waals surface area contributed by atoms with Gasteiger partial charge in [-0.2, -0.15) is 5.10 Å². The number of fused-ring (bicyclic) bond motifs is 2. The maximum absolute atomic E-state index is 13.1. The zero-order chi connectivity index (χ0) is 22.1. The third kappa shape index (κ3) is 4.12. The molecule has 3 aromatic rings. The second-order valence-electron chi connectivity index (χ2n) is 8.85. The SMILES string of the molecule is COC1CCCC(C(=O)N2Cc3[nH]nc(NC(=O)Cc4ccc5ccccc5c4)c3C2)C1. The van der Waals surface area contributed by atoms with Gasteiger partial charge in [0.2, 0.25) is 11.8 Å². The maximum Gasteiger partial charge on any atom is 0.230 e. The lowest BCUT2D eigenvalue weighted by atomic mass is 9.86. The van der Waals surface area contributed by atoms with E-state index in [1.807, 2.05) is 41.3 Å². The van der Waals surface area contributed by atoms with Crippen LogP contribution in [-0.4, -0.2) is 40.1 Å². The molecule has 2 atom stereocenters. The Balaban J connectivity index is 1.22. The number of carbonyl (C=O) groups is 2. The van der Waals surface area contributed by atoms with Crippen LogP contribution in [0.5, 0.6) is 0 Å². The van der Waals surface area contributed by atoms with Gasteiger partial charge in [-0.15, -0.1) is 0 Å². The van der Waals surface area contributed by atoms with Crippen molar-refractivity contribution in [2.75, 3.05) is 12.4 Å². The van der Waals surface area contributed by atoms with Crippen molar-refractivity contribution in [3.05, 3.63) is 59.3 Å². The predicted molar refractivity (Wildman–Crippen MR) is 122 cm³/mol. The fourth-order valence-corrected chi connectivity index (χ4v) is 4.95. The van der Waals surface area contributed by atoms with Crippen molar-refractivity contribution in [3.63, 3.8) is 0 Å². The maximum atomic E-state index is 13.1. The van der Waals surface area contributed by atoms with E-state index >= 15 is 0 Å². The smallest absolute Gasteiger partial charge is 0.230 e. The Hall–Kier alpha value is -3.19. The molecule has 2 unspecified atom stereocenters. The number of nitrogens with one attached hydrogen (secondary N) is 2. The highest BCUT2D eigenvalue weighted by molar-refractivity contribution is 5.93. The van der Waals surface area contributed by atoms with Crippen LogP contribution < -0.4 is 5.32 Å². The van der Waals surface area contributed by atoms with E-state index in [0.29, 0.717) is 18.9 Å². The highest BCUT2D eigenvalue weighted by Crippen LogP contribution is 2.32. The van der Waals surface area contributed by atoms with Gasteiger partial charge in [0.15, 0.2) is 5.82 Å². The summed E-state index contributed by atoms with van der Waals surface area (Å²) in [6.45, 7) is 0.986. The number of rotatable bonds is 5. The number of H-pyrrole nitrogens is 1. The summed E-state index contributed by atoms with van der Waals surface area (Å²) in [5.41, 5.74) is 2.76. The molecule has 7 heteroatoms. The average molecular weight is 433 g/mol. The van der Waals surface area contributed by atoms with E-state index in [1.54, 1.807) is 7.11 Å². The molecule has 166 valence electrons. The topological polar surface area (TPSA) is 87.3 Å². The van der Waals surface area contributed by atoms with Crippen LogP contribution in [0.2, 0.25) is 0 Å². The van der Waals surface area contributed by atoms with Gasteiger partial charge in [-0.1, -0.05) is 48.9 Å². The first-order valence-corrected chi connectivity index (χ1v) is 11.3. The summed E-state index contributed by atoms with van der Waals surface area (Å²) in [5.74, 6) is 0.593. The second-order valence-corrected chi connectivity index (χ2v) is 8.85. The summed E-state index contributed by atoms with van der Waals surface area (Å²) >= 11 is 0. The minimum atomic E-state index is -0.116. The van der Waals surface area contributed by atoms with E-state index in [2.05, 4.69) is 21.6 Å². The molecular weight excluding hydrogens is 404 g/mol. The Morgan fingerprint density at radius 2 is 2.00 bits per heavy atom. The Bertz CT molecular complexity index is 1160. The van der Waals surface area contributed by atoms with Crippen LogP contribution in [0.1, 0.15) is 42.5 Å². The second kappa shape index (κ2) is 8.74. The molecule has 2 heterocycles. The summed E-state index contributed by atoms with van der Waals surface area (Å²) in [7, 11) is 1.72. The van der Waals surface area contributed by atoms with Crippen LogP contribution in [0, 0.1) is 5.92 Å². The number of nitrogens with zero attached hydrogens (tertiary/aromatic N) is 2. The summed E-state index contributed by atoms with van der Waals surface area (Å²) in [4.78, 5) is 27.6. The molecule has 1 aliphatic heterocycles. The Labute approximate surface area is 187 Å². The third-order valence-electron chi connectivity index (χ3n) is 6.71. The molecule has 1 saturated carbocycles. The van der Waals surface area contributed by atoms with E-state index in [0.717, 1.165) is 53.3 Å². The average Bonchev–Trinajstić information content (AvgIpc) is 3.40. The van der Waals surface area contributed by atoms with Gasteiger partial charge < -0.3 is 15.0 Å². The lowest BCUT2D eigenvalue weighted by Crippen LogP contribution is -2.36. The number of carbonyl (C=O) groups excluding carboxylic acids is 2. The summed E-state index contributed by atoms with van der Waals surface area (Å²) in [5, 5.41) is 12.5. The molecule has 2 aliphatic rings. The van der Waals surface area contributed by atoms with Gasteiger partial charge in [0.05, 0.1) is 31.3 Å². The summed E-state index contributed by atoms with van der Waals surface area (Å²) < 4.78 is 5.48. The molecule has 7 nitrogen and oxygen atoms in total. The molecular formula is C25H28N4O3. The van der Waals surface area contributed by atoms with Crippen LogP contribution in [0.4, 0.5) is 5.82 Å². The largest absolute Gasteiger partial charge is 0.381 e. The standard InChI is InChI=1S/C25H28N4O3/c1-32-20-8-4-7-19(13-20)25(31)29-14-21-22(15-29)27-28-24(21)26-23(30)12-16-9-10-17-5-2-3-6-18(17)11-16/h2-3,5-6,9-11,19-20H,4,7-8,12-15H2,1H3,(H2,26,27,28,30). The number of amides is 2. The van der Waals surface area contributed by atoms with Crippen molar-refractivity contribution in [3.8, 4) is 0 Å². The first-order chi connectivity index (χ1) is 15.6. The molecule has 0 radical (unpaired) electrons. The van der Waals surface area contributed by atoms with Gasteiger partial charge in [0.25, 0.3) is 0 Å².